The molecule has 4 atom stereocenters. The van der Waals surface area contributed by atoms with Crippen LogP contribution in [0.4, 0.5) is 0 Å². The standard InChI is InChI=1S/C23H39N5O2.HI/c1-4-12-27(13-5-2)14-6-10-25-23(24-3)26-11-7-15-28-21(29)19-17-8-9-18(16-17)20(19)22(28)30;/h8-9,17-20H,4-7,10-16H2,1-3H3,(H2,24,25,26);1H. The maximum Gasteiger partial charge on any atom is 0.233 e. The third-order valence-corrected chi connectivity index (χ3v) is 6.66. The number of imide groups is 1. The summed E-state index contributed by atoms with van der Waals surface area (Å²) in [5, 5.41) is 6.67. The van der Waals surface area contributed by atoms with Gasteiger partial charge in [0.2, 0.25) is 11.8 Å². The summed E-state index contributed by atoms with van der Waals surface area (Å²) in [6, 6.07) is 0. The van der Waals surface area contributed by atoms with E-state index in [9.17, 15) is 9.59 Å². The zero-order chi connectivity index (χ0) is 21.5. The van der Waals surface area contributed by atoms with Crippen LogP contribution in [0, 0.1) is 23.7 Å². The van der Waals surface area contributed by atoms with Crippen molar-refractivity contribution >= 4 is 41.8 Å². The minimum Gasteiger partial charge on any atom is -0.356 e. The molecule has 2 bridgehead atoms. The highest BCUT2D eigenvalue weighted by Crippen LogP contribution is 2.52. The number of nitrogens with zero attached hydrogens (tertiary/aromatic N) is 3. The fraction of sp³-hybridized carbons (Fsp3) is 0.783. The van der Waals surface area contributed by atoms with E-state index in [1.165, 1.54) is 17.7 Å². The minimum absolute atomic E-state index is 0. The summed E-state index contributed by atoms with van der Waals surface area (Å²) in [6.07, 6.45) is 9.47. The number of hydrogen-bond donors (Lipinski definition) is 2. The molecule has 3 aliphatic rings. The number of rotatable bonds is 12. The second kappa shape index (κ2) is 12.8. The molecule has 2 amide bonds. The second-order valence-electron chi connectivity index (χ2n) is 8.80. The van der Waals surface area contributed by atoms with E-state index >= 15 is 0 Å². The molecule has 0 radical (unpaired) electrons. The number of halogens is 1. The molecule has 1 aliphatic heterocycles. The first kappa shape index (κ1) is 26.1. The van der Waals surface area contributed by atoms with Gasteiger partial charge in [0.1, 0.15) is 0 Å². The number of nitrogens with one attached hydrogen (secondary N) is 2. The summed E-state index contributed by atoms with van der Waals surface area (Å²) in [7, 11) is 1.77. The fourth-order valence-corrected chi connectivity index (χ4v) is 5.33. The quantitative estimate of drug-likeness (QED) is 0.0985. The first-order valence-electron chi connectivity index (χ1n) is 11.8. The lowest BCUT2D eigenvalue weighted by Gasteiger charge is -2.21. The van der Waals surface area contributed by atoms with Crippen molar-refractivity contribution in [2.75, 3.05) is 46.3 Å². The van der Waals surface area contributed by atoms with Gasteiger partial charge in [-0.2, -0.15) is 0 Å². The number of amides is 2. The van der Waals surface area contributed by atoms with Crippen LogP contribution in [0.1, 0.15) is 46.0 Å². The molecule has 8 heteroatoms. The van der Waals surface area contributed by atoms with Gasteiger partial charge < -0.3 is 15.5 Å². The predicted octanol–water partition coefficient (Wildman–Crippen LogP) is 2.48. The molecule has 7 nitrogen and oxygen atoms in total. The smallest absolute Gasteiger partial charge is 0.233 e. The van der Waals surface area contributed by atoms with Crippen molar-refractivity contribution in [2.24, 2.45) is 28.7 Å². The van der Waals surface area contributed by atoms with Gasteiger partial charge in [0, 0.05) is 26.7 Å². The molecule has 176 valence electrons. The molecule has 0 aromatic carbocycles. The van der Waals surface area contributed by atoms with Gasteiger partial charge in [-0.3, -0.25) is 19.5 Å². The third-order valence-electron chi connectivity index (χ3n) is 6.66. The monoisotopic (exact) mass is 545 g/mol. The number of hydrogen-bond acceptors (Lipinski definition) is 4. The Kier molecular flexibility index (Phi) is 10.7. The minimum atomic E-state index is -0.0881. The van der Waals surface area contributed by atoms with Crippen molar-refractivity contribution in [3.05, 3.63) is 12.2 Å². The number of guanidine groups is 1. The molecule has 0 spiro atoms. The fourth-order valence-electron chi connectivity index (χ4n) is 5.33. The predicted molar refractivity (Wildman–Crippen MR) is 135 cm³/mol. The van der Waals surface area contributed by atoms with Gasteiger partial charge in [0.25, 0.3) is 0 Å². The summed E-state index contributed by atoms with van der Waals surface area (Å²) < 4.78 is 0. The van der Waals surface area contributed by atoms with Crippen molar-refractivity contribution in [1.82, 2.24) is 20.4 Å². The van der Waals surface area contributed by atoms with Crippen LogP contribution in [-0.4, -0.2) is 73.9 Å². The van der Waals surface area contributed by atoms with Crippen LogP contribution in [0.15, 0.2) is 17.1 Å². The van der Waals surface area contributed by atoms with E-state index in [0.717, 1.165) is 51.4 Å². The van der Waals surface area contributed by atoms with Crippen LogP contribution in [0.5, 0.6) is 0 Å². The molecule has 3 rings (SSSR count). The summed E-state index contributed by atoms with van der Waals surface area (Å²) in [6.45, 7) is 9.94. The third kappa shape index (κ3) is 6.21. The molecule has 0 aromatic rings. The highest BCUT2D eigenvalue weighted by Gasteiger charge is 2.58. The normalized spacial score (nSPS) is 26.6. The number of likely N-dealkylation sites (tertiary alicyclic amines) is 1. The lowest BCUT2D eigenvalue weighted by molar-refractivity contribution is -0.140. The van der Waals surface area contributed by atoms with Crippen molar-refractivity contribution < 1.29 is 9.59 Å². The first-order valence-corrected chi connectivity index (χ1v) is 11.8. The van der Waals surface area contributed by atoms with Crippen LogP contribution in [0.2, 0.25) is 0 Å². The maximum atomic E-state index is 12.7. The molecular weight excluding hydrogens is 505 g/mol. The van der Waals surface area contributed by atoms with Crippen molar-refractivity contribution in [1.29, 1.82) is 0 Å². The molecule has 2 aliphatic carbocycles. The summed E-state index contributed by atoms with van der Waals surface area (Å²) in [4.78, 5) is 33.7. The summed E-state index contributed by atoms with van der Waals surface area (Å²) in [5.41, 5.74) is 0. The molecule has 0 aromatic heterocycles. The van der Waals surface area contributed by atoms with Crippen LogP contribution in [-0.2, 0) is 9.59 Å². The molecule has 2 N–H and O–H groups in total. The molecule has 1 saturated carbocycles. The zero-order valence-electron chi connectivity index (χ0n) is 19.3. The Balaban J connectivity index is 0.00000341. The van der Waals surface area contributed by atoms with Gasteiger partial charge in [-0.25, -0.2) is 0 Å². The molecule has 4 unspecified atom stereocenters. The summed E-state index contributed by atoms with van der Waals surface area (Å²) in [5.74, 6) is 1.28. The molecule has 2 fully saturated rings. The van der Waals surface area contributed by atoms with Crippen LogP contribution < -0.4 is 10.6 Å². The molecular formula is C23H40IN5O2. The Labute approximate surface area is 204 Å². The highest BCUT2D eigenvalue weighted by atomic mass is 127. The topological polar surface area (TPSA) is 77.0 Å². The zero-order valence-corrected chi connectivity index (χ0v) is 21.6. The van der Waals surface area contributed by atoms with Crippen molar-refractivity contribution in [3.63, 3.8) is 0 Å². The second-order valence-corrected chi connectivity index (χ2v) is 8.80. The van der Waals surface area contributed by atoms with Crippen molar-refractivity contribution in [2.45, 2.75) is 46.0 Å². The van der Waals surface area contributed by atoms with E-state index in [-0.39, 0.29) is 59.5 Å². The van der Waals surface area contributed by atoms with Crippen LogP contribution in [0.25, 0.3) is 0 Å². The average molecular weight is 546 g/mol. The van der Waals surface area contributed by atoms with E-state index < -0.39 is 0 Å². The van der Waals surface area contributed by atoms with E-state index in [4.69, 9.17) is 0 Å². The van der Waals surface area contributed by atoms with Gasteiger partial charge in [-0.1, -0.05) is 26.0 Å². The van der Waals surface area contributed by atoms with E-state index in [2.05, 4.69) is 46.5 Å². The van der Waals surface area contributed by atoms with E-state index in [1.807, 2.05) is 0 Å². The number of carbonyl (C=O) groups excluding carboxylic acids is 2. The lowest BCUT2D eigenvalue weighted by Crippen LogP contribution is -2.41. The summed E-state index contributed by atoms with van der Waals surface area (Å²) >= 11 is 0. The van der Waals surface area contributed by atoms with E-state index in [0.29, 0.717) is 13.1 Å². The highest BCUT2D eigenvalue weighted by molar-refractivity contribution is 14.0. The Morgan fingerprint density at radius 3 is 2.06 bits per heavy atom. The van der Waals surface area contributed by atoms with Gasteiger partial charge >= 0.3 is 0 Å². The lowest BCUT2D eigenvalue weighted by atomic mass is 9.85. The SMILES string of the molecule is CCCN(CCC)CCCNC(=NC)NCCCN1C(=O)C2C3C=CC(C3)C2C1=O.I. The maximum absolute atomic E-state index is 12.7. The van der Waals surface area contributed by atoms with Gasteiger partial charge in [-0.05, 0) is 63.6 Å². The van der Waals surface area contributed by atoms with E-state index in [1.54, 1.807) is 7.05 Å². The average Bonchev–Trinajstić information content (AvgIpc) is 3.42. The Morgan fingerprint density at radius 2 is 1.55 bits per heavy atom. The Bertz CT molecular complexity index is 632. The number of allylic oxidation sites excluding steroid dienone is 2. The Hall–Kier alpha value is -1.16. The molecule has 1 heterocycles. The Morgan fingerprint density at radius 1 is 1.00 bits per heavy atom. The number of fused-ring (bicyclic) bond motifs is 5. The van der Waals surface area contributed by atoms with Crippen LogP contribution >= 0.6 is 24.0 Å². The van der Waals surface area contributed by atoms with Crippen molar-refractivity contribution in [3.8, 4) is 0 Å². The van der Waals surface area contributed by atoms with Gasteiger partial charge in [-0.15, -0.1) is 24.0 Å². The number of carbonyl (C=O) groups is 2. The van der Waals surface area contributed by atoms with Gasteiger partial charge in [0.15, 0.2) is 5.96 Å². The largest absolute Gasteiger partial charge is 0.356 e. The molecule has 31 heavy (non-hydrogen) atoms. The molecule has 1 saturated heterocycles. The van der Waals surface area contributed by atoms with Gasteiger partial charge in [0.05, 0.1) is 11.8 Å². The first-order chi connectivity index (χ1) is 14.6. The van der Waals surface area contributed by atoms with Crippen LogP contribution in [0.3, 0.4) is 0 Å². The number of aliphatic imine (C=N–C) groups is 1.